The summed E-state index contributed by atoms with van der Waals surface area (Å²) >= 11 is 0. The normalized spacial score (nSPS) is 21.7. The number of carbonyl (C=O) groups excluding carboxylic acids is 1. The molecule has 3 aliphatic rings. The van der Waals surface area contributed by atoms with Crippen molar-refractivity contribution in [3.05, 3.63) is 22.4 Å². The van der Waals surface area contributed by atoms with Gasteiger partial charge in [-0.1, -0.05) is 38.5 Å². The average molecular weight is 413 g/mol. The van der Waals surface area contributed by atoms with Gasteiger partial charge in [0.1, 0.15) is 11.2 Å². The Morgan fingerprint density at radius 2 is 1.77 bits per heavy atom. The molecule has 0 bridgehead atoms. The van der Waals surface area contributed by atoms with Crippen LogP contribution in [0.2, 0.25) is 0 Å². The fraction of sp³-hybridized carbons (Fsp3) is 0.727. The summed E-state index contributed by atoms with van der Waals surface area (Å²) in [5.41, 5.74) is 0.568. The molecule has 3 heterocycles. The quantitative estimate of drug-likeness (QED) is 0.805. The highest BCUT2D eigenvalue weighted by molar-refractivity contribution is 5.76. The lowest BCUT2D eigenvalue weighted by atomic mass is 9.89. The fourth-order valence-electron chi connectivity index (χ4n) is 5.29. The number of amides is 2. The van der Waals surface area contributed by atoms with Gasteiger partial charge >= 0.3 is 6.03 Å². The van der Waals surface area contributed by atoms with Crippen molar-refractivity contribution in [2.45, 2.75) is 76.2 Å². The largest absolute Gasteiger partial charge is 0.338 e. The minimum atomic E-state index is -0.128. The van der Waals surface area contributed by atoms with Crippen molar-refractivity contribution in [2.24, 2.45) is 5.92 Å². The standard InChI is InChI=1S/C22H32N6O2/c29-21-18-12-24-28(17-9-5-2-6-10-17)20(18)25-19(26-21)16-13-27(14-16)22(30)23-11-15-7-3-1-4-8-15/h12,15-17H,1-11,13-14H2,(H,23,30)(H,25,26,29). The molecule has 1 aliphatic heterocycles. The first-order valence-electron chi connectivity index (χ1n) is 11.7. The molecular formula is C22H32N6O2. The van der Waals surface area contributed by atoms with Gasteiger partial charge in [-0.25, -0.2) is 14.5 Å². The van der Waals surface area contributed by atoms with Crippen LogP contribution in [0.1, 0.15) is 82.0 Å². The molecule has 2 saturated carbocycles. The second-order valence-electron chi connectivity index (χ2n) is 9.36. The smallest absolute Gasteiger partial charge is 0.317 e. The molecule has 162 valence electrons. The molecule has 2 aromatic heterocycles. The number of urea groups is 1. The van der Waals surface area contributed by atoms with E-state index in [1.165, 1.54) is 51.4 Å². The predicted octanol–water partition coefficient (Wildman–Crippen LogP) is 3.31. The molecule has 0 aromatic carbocycles. The molecule has 2 N–H and O–H groups in total. The van der Waals surface area contributed by atoms with Crippen LogP contribution in [0.3, 0.4) is 0 Å². The molecule has 0 unspecified atom stereocenters. The highest BCUT2D eigenvalue weighted by Gasteiger charge is 2.34. The highest BCUT2D eigenvalue weighted by atomic mass is 16.2. The summed E-state index contributed by atoms with van der Waals surface area (Å²) in [6.45, 7) is 1.98. The van der Waals surface area contributed by atoms with Crippen molar-refractivity contribution in [3.8, 4) is 0 Å². The van der Waals surface area contributed by atoms with Crippen molar-refractivity contribution in [1.82, 2.24) is 30.0 Å². The third kappa shape index (κ3) is 3.84. The van der Waals surface area contributed by atoms with Crippen LogP contribution in [0.25, 0.3) is 11.0 Å². The Morgan fingerprint density at radius 3 is 2.50 bits per heavy atom. The highest BCUT2D eigenvalue weighted by Crippen LogP contribution is 2.30. The maximum atomic E-state index is 12.6. The molecule has 2 amide bonds. The summed E-state index contributed by atoms with van der Waals surface area (Å²) in [5.74, 6) is 1.39. The van der Waals surface area contributed by atoms with E-state index in [0.29, 0.717) is 41.9 Å². The number of nitrogens with one attached hydrogen (secondary N) is 2. The number of likely N-dealkylation sites (tertiary alicyclic amines) is 1. The zero-order valence-corrected chi connectivity index (χ0v) is 17.6. The van der Waals surface area contributed by atoms with Gasteiger partial charge in [0.05, 0.1) is 18.2 Å². The first-order valence-corrected chi connectivity index (χ1v) is 11.7. The molecule has 0 radical (unpaired) electrons. The van der Waals surface area contributed by atoms with Crippen LogP contribution < -0.4 is 10.9 Å². The topological polar surface area (TPSA) is 95.9 Å². The SMILES string of the molecule is O=C(NCC1CCCCC1)N1CC(c2nc3c(cnn3C3CCCCC3)c(=O)[nH]2)C1. The maximum absolute atomic E-state index is 12.6. The van der Waals surface area contributed by atoms with E-state index in [1.54, 1.807) is 6.20 Å². The Morgan fingerprint density at radius 1 is 1.07 bits per heavy atom. The minimum Gasteiger partial charge on any atom is -0.338 e. The van der Waals surface area contributed by atoms with Crippen molar-refractivity contribution in [3.63, 3.8) is 0 Å². The van der Waals surface area contributed by atoms with Crippen LogP contribution in [0.15, 0.2) is 11.0 Å². The Balaban J connectivity index is 1.23. The summed E-state index contributed by atoms with van der Waals surface area (Å²) in [6, 6.07) is 0.342. The Kier molecular flexibility index (Phi) is 5.48. The molecule has 8 nitrogen and oxygen atoms in total. The number of rotatable bonds is 4. The van der Waals surface area contributed by atoms with E-state index in [4.69, 9.17) is 4.98 Å². The van der Waals surface area contributed by atoms with Gasteiger partial charge in [0, 0.05) is 19.6 Å². The van der Waals surface area contributed by atoms with E-state index in [9.17, 15) is 9.59 Å². The van der Waals surface area contributed by atoms with Crippen LogP contribution in [0.4, 0.5) is 4.79 Å². The van der Waals surface area contributed by atoms with E-state index < -0.39 is 0 Å². The number of nitrogens with zero attached hydrogens (tertiary/aromatic N) is 4. The number of fused-ring (bicyclic) bond motifs is 1. The molecule has 2 aromatic rings. The predicted molar refractivity (Wildman–Crippen MR) is 115 cm³/mol. The first kappa shape index (κ1) is 19.6. The zero-order valence-electron chi connectivity index (χ0n) is 17.6. The van der Waals surface area contributed by atoms with E-state index in [1.807, 2.05) is 9.58 Å². The van der Waals surface area contributed by atoms with Gasteiger partial charge in [-0.3, -0.25) is 4.79 Å². The van der Waals surface area contributed by atoms with Crippen molar-refractivity contribution in [2.75, 3.05) is 19.6 Å². The number of H-pyrrole nitrogens is 1. The molecule has 1 saturated heterocycles. The van der Waals surface area contributed by atoms with E-state index in [2.05, 4.69) is 15.4 Å². The lowest BCUT2D eigenvalue weighted by molar-refractivity contribution is 0.146. The molecule has 0 spiro atoms. The molecule has 3 fully saturated rings. The molecule has 5 rings (SSSR count). The summed E-state index contributed by atoms with van der Waals surface area (Å²) in [5, 5.41) is 8.15. The number of carbonyl (C=O) groups is 1. The van der Waals surface area contributed by atoms with Crippen molar-refractivity contribution < 1.29 is 4.79 Å². The summed E-state index contributed by atoms with van der Waals surface area (Å²) < 4.78 is 1.96. The van der Waals surface area contributed by atoms with Gasteiger partial charge in [-0.2, -0.15) is 5.10 Å². The van der Waals surface area contributed by atoms with Crippen molar-refractivity contribution >= 4 is 17.1 Å². The molecule has 2 aliphatic carbocycles. The average Bonchev–Trinajstić information content (AvgIpc) is 3.17. The number of aromatic nitrogens is 4. The van der Waals surface area contributed by atoms with Gasteiger partial charge in [0.25, 0.3) is 5.56 Å². The lowest BCUT2D eigenvalue weighted by Gasteiger charge is -2.38. The first-order chi connectivity index (χ1) is 14.7. The molecule has 0 atom stereocenters. The third-order valence-corrected chi connectivity index (χ3v) is 7.22. The molecular weight excluding hydrogens is 380 g/mol. The second-order valence-corrected chi connectivity index (χ2v) is 9.36. The van der Waals surface area contributed by atoms with E-state index in [-0.39, 0.29) is 17.5 Å². The van der Waals surface area contributed by atoms with E-state index in [0.717, 1.165) is 19.4 Å². The number of aromatic amines is 1. The van der Waals surface area contributed by atoms with Gasteiger partial charge < -0.3 is 15.2 Å². The van der Waals surface area contributed by atoms with Crippen LogP contribution in [-0.2, 0) is 0 Å². The fourth-order valence-corrected chi connectivity index (χ4v) is 5.29. The van der Waals surface area contributed by atoms with Gasteiger partial charge in [0.2, 0.25) is 0 Å². The number of hydrogen-bond acceptors (Lipinski definition) is 4. The summed E-state index contributed by atoms with van der Waals surface area (Å²) in [4.78, 5) is 34.6. The Bertz CT molecular complexity index is 948. The van der Waals surface area contributed by atoms with Crippen LogP contribution in [0.5, 0.6) is 0 Å². The van der Waals surface area contributed by atoms with E-state index >= 15 is 0 Å². The summed E-state index contributed by atoms with van der Waals surface area (Å²) in [7, 11) is 0. The Hall–Kier alpha value is -2.38. The van der Waals surface area contributed by atoms with Crippen LogP contribution >= 0.6 is 0 Å². The zero-order chi connectivity index (χ0) is 20.5. The minimum absolute atomic E-state index is 0.00694. The van der Waals surface area contributed by atoms with Crippen LogP contribution in [-0.4, -0.2) is 50.3 Å². The third-order valence-electron chi connectivity index (χ3n) is 7.22. The van der Waals surface area contributed by atoms with Gasteiger partial charge in [-0.15, -0.1) is 0 Å². The maximum Gasteiger partial charge on any atom is 0.317 e. The lowest BCUT2D eigenvalue weighted by Crippen LogP contribution is -2.53. The van der Waals surface area contributed by atoms with Crippen molar-refractivity contribution in [1.29, 1.82) is 0 Å². The number of hydrogen-bond donors (Lipinski definition) is 2. The van der Waals surface area contributed by atoms with Gasteiger partial charge in [0.15, 0.2) is 5.65 Å². The monoisotopic (exact) mass is 412 g/mol. The second kappa shape index (κ2) is 8.40. The summed E-state index contributed by atoms with van der Waals surface area (Å²) in [6.07, 6.45) is 13.9. The molecule has 30 heavy (non-hydrogen) atoms. The van der Waals surface area contributed by atoms with Crippen LogP contribution in [0, 0.1) is 5.92 Å². The molecule has 8 heteroatoms. The van der Waals surface area contributed by atoms with Gasteiger partial charge in [-0.05, 0) is 31.6 Å². The Labute approximate surface area is 176 Å².